The van der Waals surface area contributed by atoms with Crippen LogP contribution in [0.25, 0.3) is 0 Å². The van der Waals surface area contributed by atoms with E-state index in [2.05, 4.69) is 16.0 Å². The molecule has 3 N–H and O–H groups in total. The van der Waals surface area contributed by atoms with Crippen LogP contribution in [0.5, 0.6) is 5.75 Å². The molecule has 0 aliphatic carbocycles. The summed E-state index contributed by atoms with van der Waals surface area (Å²) in [4.78, 5) is 22.9. The zero-order valence-electron chi connectivity index (χ0n) is 13.8. The Morgan fingerprint density at radius 3 is 2.25 bits per heavy atom. The summed E-state index contributed by atoms with van der Waals surface area (Å²) in [6.07, 6.45) is 0. The predicted octanol–water partition coefficient (Wildman–Crippen LogP) is 2.65. The lowest BCUT2D eigenvalue weighted by atomic mass is 10.2. The molecule has 24 heavy (non-hydrogen) atoms. The van der Waals surface area contributed by atoms with Crippen LogP contribution >= 0.6 is 0 Å². The quantitative estimate of drug-likeness (QED) is 0.763. The van der Waals surface area contributed by atoms with Gasteiger partial charge in [-0.05, 0) is 35.4 Å². The van der Waals surface area contributed by atoms with Crippen LogP contribution in [0.4, 0.5) is 10.5 Å². The molecule has 2 aromatic carbocycles. The van der Waals surface area contributed by atoms with Crippen LogP contribution in [0.1, 0.15) is 18.1 Å². The lowest BCUT2D eigenvalue weighted by Crippen LogP contribution is -2.34. The van der Waals surface area contributed by atoms with Crippen molar-refractivity contribution in [3.8, 4) is 5.75 Å². The minimum absolute atomic E-state index is 0.127. The maximum atomic E-state index is 11.9. The van der Waals surface area contributed by atoms with E-state index in [9.17, 15) is 9.59 Å². The average Bonchev–Trinajstić information content (AvgIpc) is 2.58. The number of hydrogen-bond acceptors (Lipinski definition) is 3. The Kier molecular flexibility index (Phi) is 6.19. The van der Waals surface area contributed by atoms with Gasteiger partial charge in [0.25, 0.3) is 0 Å². The smallest absolute Gasteiger partial charge is 0.315 e. The van der Waals surface area contributed by atoms with Gasteiger partial charge >= 0.3 is 6.03 Å². The highest BCUT2D eigenvalue weighted by atomic mass is 16.5. The van der Waals surface area contributed by atoms with Crippen molar-refractivity contribution >= 4 is 17.6 Å². The highest BCUT2D eigenvalue weighted by molar-refractivity contribution is 5.88. The molecular weight excluding hydrogens is 306 g/mol. The van der Waals surface area contributed by atoms with E-state index >= 15 is 0 Å². The number of ether oxygens (including phenoxy) is 1. The third-order valence-corrected chi connectivity index (χ3v) is 3.31. The Morgan fingerprint density at radius 2 is 1.62 bits per heavy atom. The fourth-order valence-corrected chi connectivity index (χ4v) is 2.13. The molecule has 0 saturated carbocycles. The molecule has 0 aliphatic heterocycles. The second kappa shape index (κ2) is 8.57. The third-order valence-electron chi connectivity index (χ3n) is 3.31. The molecule has 2 aromatic rings. The number of carbonyl (C=O) groups is 2. The van der Waals surface area contributed by atoms with Crippen molar-refractivity contribution in [2.45, 2.75) is 20.0 Å². The van der Waals surface area contributed by atoms with Crippen molar-refractivity contribution in [3.05, 3.63) is 59.7 Å². The number of anilines is 1. The fourth-order valence-electron chi connectivity index (χ4n) is 2.13. The van der Waals surface area contributed by atoms with E-state index in [4.69, 9.17) is 4.74 Å². The van der Waals surface area contributed by atoms with E-state index in [-0.39, 0.29) is 11.9 Å². The largest absolute Gasteiger partial charge is 0.497 e. The molecule has 2 rings (SSSR count). The predicted molar refractivity (Wildman–Crippen MR) is 92.8 cm³/mol. The Morgan fingerprint density at radius 1 is 0.958 bits per heavy atom. The molecule has 0 spiro atoms. The maximum absolute atomic E-state index is 11.9. The van der Waals surface area contributed by atoms with Crippen LogP contribution in [-0.2, 0) is 17.9 Å². The summed E-state index contributed by atoms with van der Waals surface area (Å²) >= 11 is 0. The zero-order chi connectivity index (χ0) is 17.4. The number of carbonyl (C=O) groups excluding carboxylic acids is 2. The van der Waals surface area contributed by atoms with Crippen molar-refractivity contribution in [1.82, 2.24) is 10.6 Å². The summed E-state index contributed by atoms with van der Waals surface area (Å²) in [6, 6.07) is 14.6. The Labute approximate surface area is 141 Å². The van der Waals surface area contributed by atoms with Gasteiger partial charge in [0.2, 0.25) is 5.91 Å². The van der Waals surface area contributed by atoms with Gasteiger partial charge in [-0.2, -0.15) is 0 Å². The van der Waals surface area contributed by atoms with E-state index in [1.54, 1.807) is 13.2 Å². The summed E-state index contributed by atoms with van der Waals surface area (Å²) in [6.45, 7) is 2.27. The average molecular weight is 327 g/mol. The molecule has 0 aliphatic rings. The molecule has 0 unspecified atom stereocenters. The first-order chi connectivity index (χ1) is 11.6. The van der Waals surface area contributed by atoms with E-state index in [1.165, 1.54) is 6.92 Å². The second-order valence-corrected chi connectivity index (χ2v) is 5.27. The Hall–Kier alpha value is -3.02. The molecule has 6 heteroatoms. The van der Waals surface area contributed by atoms with Crippen LogP contribution in [0, 0.1) is 0 Å². The number of hydrogen-bond donors (Lipinski definition) is 3. The fraction of sp³-hybridized carbons (Fsp3) is 0.222. The normalized spacial score (nSPS) is 9.92. The first-order valence-corrected chi connectivity index (χ1v) is 7.58. The molecule has 6 nitrogen and oxygen atoms in total. The van der Waals surface area contributed by atoms with Gasteiger partial charge in [-0.3, -0.25) is 4.79 Å². The molecule has 0 bridgehead atoms. The molecule has 0 heterocycles. The van der Waals surface area contributed by atoms with Crippen molar-refractivity contribution < 1.29 is 14.3 Å². The Bertz CT molecular complexity index is 699. The van der Waals surface area contributed by atoms with Crippen LogP contribution < -0.4 is 20.7 Å². The summed E-state index contributed by atoms with van der Waals surface area (Å²) in [5.41, 5.74) is 2.60. The number of methoxy groups -OCH3 is 1. The Balaban J connectivity index is 1.79. The van der Waals surface area contributed by atoms with Gasteiger partial charge < -0.3 is 20.7 Å². The summed E-state index contributed by atoms with van der Waals surface area (Å²) < 4.78 is 5.09. The van der Waals surface area contributed by atoms with Crippen LogP contribution in [0.3, 0.4) is 0 Å². The van der Waals surface area contributed by atoms with Gasteiger partial charge in [-0.1, -0.05) is 24.3 Å². The highest BCUT2D eigenvalue weighted by Crippen LogP contribution is 2.11. The van der Waals surface area contributed by atoms with Gasteiger partial charge in [-0.25, -0.2) is 4.79 Å². The number of urea groups is 1. The molecule has 3 amide bonds. The van der Waals surface area contributed by atoms with Gasteiger partial charge in [0.15, 0.2) is 0 Å². The van der Waals surface area contributed by atoms with Gasteiger partial charge in [0.05, 0.1) is 7.11 Å². The topological polar surface area (TPSA) is 79.5 Å². The van der Waals surface area contributed by atoms with Crippen molar-refractivity contribution in [1.29, 1.82) is 0 Å². The number of amides is 3. The second-order valence-electron chi connectivity index (χ2n) is 5.27. The van der Waals surface area contributed by atoms with Gasteiger partial charge in [0.1, 0.15) is 5.75 Å². The van der Waals surface area contributed by atoms with E-state index < -0.39 is 0 Å². The molecule has 0 radical (unpaired) electrons. The molecule has 0 saturated heterocycles. The molecule has 0 atom stereocenters. The molecule has 0 aromatic heterocycles. The van der Waals surface area contributed by atoms with E-state index in [0.717, 1.165) is 16.9 Å². The van der Waals surface area contributed by atoms with Crippen molar-refractivity contribution in [2.75, 3.05) is 12.4 Å². The van der Waals surface area contributed by atoms with Gasteiger partial charge in [-0.15, -0.1) is 0 Å². The first kappa shape index (κ1) is 17.3. The van der Waals surface area contributed by atoms with E-state index in [1.807, 2.05) is 42.5 Å². The van der Waals surface area contributed by atoms with Crippen LogP contribution in [0.2, 0.25) is 0 Å². The minimum Gasteiger partial charge on any atom is -0.497 e. The monoisotopic (exact) mass is 327 g/mol. The first-order valence-electron chi connectivity index (χ1n) is 7.58. The molecule has 126 valence electrons. The summed E-state index contributed by atoms with van der Waals surface area (Å²) in [5, 5.41) is 8.29. The zero-order valence-corrected chi connectivity index (χ0v) is 13.8. The third kappa shape index (κ3) is 5.64. The highest BCUT2D eigenvalue weighted by Gasteiger charge is 2.02. The SMILES string of the molecule is COc1ccc(CNC(=O)NCc2cccc(NC(C)=O)c2)cc1. The van der Waals surface area contributed by atoms with Gasteiger partial charge in [0, 0.05) is 25.7 Å². The van der Waals surface area contributed by atoms with E-state index in [0.29, 0.717) is 18.8 Å². The lowest BCUT2D eigenvalue weighted by Gasteiger charge is -2.09. The van der Waals surface area contributed by atoms with Crippen molar-refractivity contribution in [3.63, 3.8) is 0 Å². The number of nitrogens with one attached hydrogen (secondary N) is 3. The number of rotatable bonds is 6. The summed E-state index contributed by atoms with van der Waals surface area (Å²) in [5.74, 6) is 0.652. The molecular formula is C18H21N3O3. The number of benzene rings is 2. The maximum Gasteiger partial charge on any atom is 0.315 e. The summed E-state index contributed by atoms with van der Waals surface area (Å²) in [7, 11) is 1.61. The van der Waals surface area contributed by atoms with Crippen LogP contribution in [-0.4, -0.2) is 19.0 Å². The standard InChI is InChI=1S/C18H21N3O3/c1-13(22)21-16-5-3-4-15(10-16)12-20-18(23)19-11-14-6-8-17(24-2)9-7-14/h3-10H,11-12H2,1-2H3,(H,21,22)(H2,19,20,23). The lowest BCUT2D eigenvalue weighted by molar-refractivity contribution is -0.114. The van der Waals surface area contributed by atoms with Crippen molar-refractivity contribution in [2.24, 2.45) is 0 Å². The minimum atomic E-state index is -0.254. The molecule has 0 fully saturated rings. The van der Waals surface area contributed by atoms with Crippen LogP contribution in [0.15, 0.2) is 48.5 Å².